The quantitative estimate of drug-likeness (QED) is 0.0650. The van der Waals surface area contributed by atoms with E-state index in [1.165, 1.54) is 36.3 Å². The minimum atomic E-state index is -2.86. The van der Waals surface area contributed by atoms with Crippen LogP contribution in [0.1, 0.15) is 58.3 Å². The third-order valence-electron chi connectivity index (χ3n) is 7.29. The van der Waals surface area contributed by atoms with E-state index < -0.39 is 13.2 Å². The Morgan fingerprint density at radius 1 is 0.907 bits per heavy atom. The number of methoxy groups -OCH3 is 1. The van der Waals surface area contributed by atoms with Crippen LogP contribution in [-0.4, -0.2) is 33.4 Å². The second-order valence-electron chi connectivity index (χ2n) is 10.8. The number of hydrogen-bond donors (Lipinski definition) is 2. The molecule has 4 aromatic rings. The monoisotopic (exact) mass is 585 g/mol. The van der Waals surface area contributed by atoms with Crippen LogP contribution in [0.4, 0.5) is 8.63 Å². The highest BCUT2D eigenvalue weighted by molar-refractivity contribution is 6.42. The molecule has 43 heavy (non-hydrogen) atoms. The molecule has 0 bridgehead atoms. The minimum absolute atomic E-state index is 0.00293. The molecule has 0 atom stereocenters. The van der Waals surface area contributed by atoms with E-state index >= 15 is 0 Å². The van der Waals surface area contributed by atoms with Crippen LogP contribution >= 0.6 is 0 Å². The molecule has 0 fully saturated rings. The van der Waals surface area contributed by atoms with E-state index in [4.69, 9.17) is 9.47 Å². The number of allylic oxidation sites excluding steroid dienone is 1. The molecule has 0 aromatic heterocycles. The summed E-state index contributed by atoms with van der Waals surface area (Å²) in [5.74, 6) is 0.660. The van der Waals surface area contributed by atoms with Crippen molar-refractivity contribution < 1.29 is 28.2 Å². The van der Waals surface area contributed by atoms with E-state index in [9.17, 15) is 13.4 Å². The smallest absolute Gasteiger partial charge is 0.496 e. The summed E-state index contributed by atoms with van der Waals surface area (Å²) < 4.78 is 38.4. The topological polar surface area (TPSA) is 64.2 Å². The number of unbranched alkanes of at least 4 members (excludes halogenated alkanes) is 3. The van der Waals surface area contributed by atoms with Crippen molar-refractivity contribution in [3.05, 3.63) is 113 Å². The average molecular weight is 586 g/mol. The van der Waals surface area contributed by atoms with Gasteiger partial charge in [0.2, 0.25) is 0 Å². The van der Waals surface area contributed by atoms with Gasteiger partial charge >= 0.3 is 7.40 Å². The number of aryl methyl sites for hydroxylation is 2. The number of halogens is 2. The summed E-state index contributed by atoms with van der Waals surface area (Å²) in [5, 5.41) is 6.06. The molecule has 5 nitrogen and oxygen atoms in total. The zero-order chi connectivity index (χ0) is 30.6. The van der Waals surface area contributed by atoms with Crippen LogP contribution in [0, 0.1) is 13.8 Å². The number of ketones is 1. The highest BCUT2D eigenvalue weighted by Gasteiger charge is 2.21. The summed E-state index contributed by atoms with van der Waals surface area (Å²) >= 11 is 0. The van der Waals surface area contributed by atoms with Crippen molar-refractivity contribution in [3.63, 3.8) is 0 Å². The van der Waals surface area contributed by atoms with Gasteiger partial charge in [0.1, 0.15) is 18.0 Å². The van der Waals surface area contributed by atoms with Crippen LogP contribution in [0.15, 0.2) is 84.9 Å². The number of ether oxygens (including phenoxy) is 2. The maximum Gasteiger partial charge on any atom is 0.670 e. The average Bonchev–Trinajstić information content (AvgIpc) is 2.99. The van der Waals surface area contributed by atoms with Gasteiger partial charge in [-0.15, -0.1) is 0 Å². The second-order valence-corrected chi connectivity index (χ2v) is 10.8. The van der Waals surface area contributed by atoms with Crippen molar-refractivity contribution in [2.45, 2.75) is 46.1 Å². The third kappa shape index (κ3) is 9.42. The second kappa shape index (κ2) is 15.9. The molecular weight excluding hydrogens is 545 g/mol. The van der Waals surface area contributed by atoms with E-state index in [1.54, 1.807) is 30.3 Å². The molecule has 0 aliphatic carbocycles. The summed E-state index contributed by atoms with van der Waals surface area (Å²) in [7, 11) is -1.39. The fourth-order valence-electron chi connectivity index (χ4n) is 5.32. The number of nitrogens with two attached hydrogens (primary N) is 1. The van der Waals surface area contributed by atoms with Crippen molar-refractivity contribution in [2.24, 2.45) is 0 Å². The van der Waals surface area contributed by atoms with Crippen molar-refractivity contribution in [1.29, 1.82) is 0 Å². The van der Waals surface area contributed by atoms with Gasteiger partial charge in [0.25, 0.3) is 0 Å². The molecule has 0 radical (unpaired) electrons. The van der Waals surface area contributed by atoms with Gasteiger partial charge in [0.05, 0.1) is 20.3 Å². The fraction of sp³-hybridized carbons (Fsp3) is 0.286. The van der Waals surface area contributed by atoms with Gasteiger partial charge in [-0.25, -0.2) is 0 Å². The normalized spacial score (nSPS) is 11.4. The summed E-state index contributed by atoms with van der Waals surface area (Å²) in [5.41, 5.74) is 4.79. The first-order valence-electron chi connectivity index (χ1n) is 14.8. The lowest BCUT2D eigenvalue weighted by atomic mass is 9.97. The summed E-state index contributed by atoms with van der Waals surface area (Å²) in [6.07, 6.45) is 5.57. The first-order chi connectivity index (χ1) is 20.8. The van der Waals surface area contributed by atoms with E-state index in [1.807, 2.05) is 30.3 Å². The standard InChI is InChI=1S/C35H39BF2N2O3/c1-25-20-26(2)22-27(21-25)24-39-18-8-4-5-9-19-43-30-15-12-29(13-16-30)33(41)23-32(40-36(37)38)35-31-11-7-6-10-28(31)14-17-34(35)42-3/h6-7,10-17,20-23,39-40H,4-5,8-9,18-19,24H2,1-3H3/p+1/b32-23-. The lowest BCUT2D eigenvalue weighted by Crippen LogP contribution is -2.82. The Labute approximate surface area is 253 Å². The molecule has 0 saturated heterocycles. The molecular formula is C35H40BF2N2O3+. The Hall–Kier alpha value is -4.17. The van der Waals surface area contributed by atoms with Gasteiger partial charge in [-0.3, -0.25) is 13.4 Å². The summed E-state index contributed by atoms with van der Waals surface area (Å²) in [6, 6.07) is 24.4. The molecule has 4 rings (SSSR count). The number of carbonyl (C=O) groups excluding carboxylic acids is 1. The van der Waals surface area contributed by atoms with Crippen molar-refractivity contribution in [3.8, 4) is 11.5 Å². The number of quaternary nitrogens is 1. The molecule has 0 aliphatic heterocycles. The Morgan fingerprint density at radius 3 is 2.35 bits per heavy atom. The molecule has 224 valence electrons. The van der Waals surface area contributed by atoms with Crippen LogP contribution in [-0.2, 0) is 6.54 Å². The van der Waals surface area contributed by atoms with E-state index in [0.717, 1.165) is 37.7 Å². The maximum atomic E-state index is 13.5. The zero-order valence-corrected chi connectivity index (χ0v) is 25.2. The van der Waals surface area contributed by atoms with Crippen LogP contribution in [0.5, 0.6) is 11.5 Å². The third-order valence-corrected chi connectivity index (χ3v) is 7.29. The van der Waals surface area contributed by atoms with Gasteiger partial charge in [-0.05, 0) is 80.6 Å². The van der Waals surface area contributed by atoms with Crippen molar-refractivity contribution in [1.82, 2.24) is 5.23 Å². The highest BCUT2D eigenvalue weighted by Crippen LogP contribution is 2.33. The number of fused-ring (bicyclic) bond motifs is 1. The number of nitrogens with one attached hydrogen (secondary N) is 1. The van der Waals surface area contributed by atoms with Gasteiger partial charge in [-0.2, -0.15) is 0 Å². The molecule has 3 N–H and O–H groups in total. The number of carbonyl (C=O) groups is 1. The van der Waals surface area contributed by atoms with Gasteiger partial charge in [-0.1, -0.05) is 59.7 Å². The lowest BCUT2D eigenvalue weighted by Gasteiger charge is -2.16. The number of benzene rings is 4. The first-order valence-corrected chi connectivity index (χ1v) is 14.8. The van der Waals surface area contributed by atoms with E-state index in [-0.39, 0.29) is 5.70 Å². The Bertz CT molecular complexity index is 1520. The molecule has 8 heteroatoms. The highest BCUT2D eigenvalue weighted by atomic mass is 19.2. The summed E-state index contributed by atoms with van der Waals surface area (Å²) in [6.45, 7) is 7.01. The largest absolute Gasteiger partial charge is 0.670 e. The predicted octanol–water partition coefficient (Wildman–Crippen LogP) is 6.91. The molecule has 0 spiro atoms. The Balaban J connectivity index is 1.26. The molecule has 0 heterocycles. The molecule has 0 aliphatic rings. The van der Waals surface area contributed by atoms with Crippen LogP contribution in [0.2, 0.25) is 0 Å². The van der Waals surface area contributed by atoms with Gasteiger partial charge in [0, 0.05) is 28.5 Å². The van der Waals surface area contributed by atoms with Gasteiger partial charge in [0.15, 0.2) is 5.78 Å². The first kappa shape index (κ1) is 31.8. The van der Waals surface area contributed by atoms with E-state index in [2.05, 4.69) is 42.6 Å². The molecule has 0 unspecified atom stereocenters. The Morgan fingerprint density at radius 2 is 1.63 bits per heavy atom. The van der Waals surface area contributed by atoms with Crippen LogP contribution in [0.25, 0.3) is 16.5 Å². The zero-order valence-electron chi connectivity index (χ0n) is 25.2. The van der Waals surface area contributed by atoms with Gasteiger partial charge < -0.3 is 20.0 Å². The SMILES string of the molecule is COc1ccc2ccccc2c1/C(=C/C(=O)c1ccc(OCCCCCC[NH2+]Cc2cc(C)cc(C)c2)cc1)NB(F)F. The minimum Gasteiger partial charge on any atom is -0.496 e. The number of hydrogen-bond acceptors (Lipinski definition) is 4. The lowest BCUT2D eigenvalue weighted by molar-refractivity contribution is -0.671. The fourth-order valence-corrected chi connectivity index (χ4v) is 5.32. The maximum absolute atomic E-state index is 13.5. The van der Waals surface area contributed by atoms with E-state index in [0.29, 0.717) is 34.6 Å². The Kier molecular flexibility index (Phi) is 11.7. The van der Waals surface area contributed by atoms with Crippen molar-refractivity contribution >= 4 is 29.7 Å². The molecule has 0 saturated carbocycles. The molecule has 4 aromatic carbocycles. The van der Waals surface area contributed by atoms with Crippen LogP contribution < -0.4 is 20.0 Å². The van der Waals surface area contributed by atoms with Crippen molar-refractivity contribution in [2.75, 3.05) is 20.3 Å². The number of rotatable bonds is 16. The summed E-state index contributed by atoms with van der Waals surface area (Å²) in [4.78, 5) is 13.1. The molecule has 0 amide bonds. The predicted molar refractivity (Wildman–Crippen MR) is 171 cm³/mol. The van der Waals surface area contributed by atoms with Crippen LogP contribution in [0.3, 0.4) is 0 Å².